The second-order valence-corrected chi connectivity index (χ2v) is 4.02. The number of hydrogen-bond acceptors (Lipinski definition) is 5. The van der Waals surface area contributed by atoms with E-state index in [1.807, 2.05) is 0 Å². The van der Waals surface area contributed by atoms with E-state index in [0.29, 0.717) is 18.5 Å². The Labute approximate surface area is 102 Å². The molecule has 98 valence electrons. The van der Waals surface area contributed by atoms with Crippen molar-refractivity contribution in [3.63, 3.8) is 0 Å². The van der Waals surface area contributed by atoms with Crippen LogP contribution in [0.4, 0.5) is 0 Å². The van der Waals surface area contributed by atoms with E-state index in [-0.39, 0.29) is 18.8 Å². The summed E-state index contributed by atoms with van der Waals surface area (Å²) in [7, 11) is 0. The zero-order valence-corrected chi connectivity index (χ0v) is 10.4. The van der Waals surface area contributed by atoms with E-state index in [1.54, 1.807) is 6.92 Å². The highest BCUT2D eigenvalue weighted by Gasteiger charge is 2.13. The maximum absolute atomic E-state index is 11.5. The first-order chi connectivity index (χ1) is 7.99. The summed E-state index contributed by atoms with van der Waals surface area (Å²) in [5.41, 5.74) is 11.4. The first-order valence-electron chi connectivity index (χ1n) is 5.80. The smallest absolute Gasteiger partial charge is 0.333 e. The van der Waals surface area contributed by atoms with E-state index in [1.165, 1.54) is 0 Å². The van der Waals surface area contributed by atoms with Gasteiger partial charge in [-0.15, -0.1) is 0 Å². The molecule has 0 aromatic heterocycles. The molecule has 0 fully saturated rings. The van der Waals surface area contributed by atoms with Crippen LogP contribution in [-0.2, 0) is 14.3 Å². The molecule has 0 heterocycles. The lowest BCUT2D eigenvalue weighted by Crippen LogP contribution is -2.31. The number of ketones is 1. The molecule has 0 saturated heterocycles. The van der Waals surface area contributed by atoms with Crippen LogP contribution in [0.1, 0.15) is 32.6 Å². The molecule has 0 radical (unpaired) electrons. The molecule has 5 nitrogen and oxygen atoms in total. The van der Waals surface area contributed by atoms with Gasteiger partial charge in [0.15, 0.2) is 5.78 Å². The zero-order chi connectivity index (χ0) is 13.3. The van der Waals surface area contributed by atoms with E-state index in [4.69, 9.17) is 16.2 Å². The zero-order valence-electron chi connectivity index (χ0n) is 10.4. The van der Waals surface area contributed by atoms with Crippen molar-refractivity contribution in [3.8, 4) is 0 Å². The number of carbonyl (C=O) groups is 2. The number of Topliss-reactive ketones (excluding diaryl/α,β-unsaturated/α-hetero) is 1. The van der Waals surface area contributed by atoms with Crippen molar-refractivity contribution in [2.24, 2.45) is 11.5 Å². The van der Waals surface area contributed by atoms with Gasteiger partial charge in [0.1, 0.15) is 0 Å². The van der Waals surface area contributed by atoms with Crippen LogP contribution in [0.5, 0.6) is 0 Å². The van der Waals surface area contributed by atoms with Crippen molar-refractivity contribution >= 4 is 11.8 Å². The van der Waals surface area contributed by atoms with Crippen LogP contribution in [0.25, 0.3) is 0 Å². The van der Waals surface area contributed by atoms with Gasteiger partial charge in [-0.3, -0.25) is 4.79 Å². The van der Waals surface area contributed by atoms with E-state index < -0.39 is 12.0 Å². The van der Waals surface area contributed by atoms with Crippen LogP contribution < -0.4 is 11.5 Å². The quantitative estimate of drug-likeness (QED) is 0.349. The summed E-state index contributed by atoms with van der Waals surface area (Å²) in [5, 5.41) is 0. The van der Waals surface area contributed by atoms with Gasteiger partial charge < -0.3 is 16.2 Å². The standard InChI is InChI=1S/C12H22N2O3/c1-9(2)12(16)17-8-6-11(15)10(14)5-3-4-7-13/h10H,1,3-8,13-14H2,2H3/t10-/m0/s1. The number of hydrogen-bond donors (Lipinski definition) is 2. The van der Waals surface area contributed by atoms with Crippen LogP contribution in [0.3, 0.4) is 0 Å². The summed E-state index contributed by atoms with van der Waals surface area (Å²) in [6.07, 6.45) is 2.49. The van der Waals surface area contributed by atoms with Gasteiger partial charge in [-0.05, 0) is 26.3 Å². The molecule has 17 heavy (non-hydrogen) atoms. The van der Waals surface area contributed by atoms with Gasteiger partial charge in [-0.25, -0.2) is 4.79 Å². The summed E-state index contributed by atoms with van der Waals surface area (Å²) < 4.78 is 4.82. The third-order valence-corrected chi connectivity index (χ3v) is 2.31. The Bertz CT molecular complexity index is 277. The van der Waals surface area contributed by atoms with Crippen molar-refractivity contribution in [2.45, 2.75) is 38.6 Å². The minimum absolute atomic E-state index is 0.0646. The number of esters is 1. The minimum Gasteiger partial charge on any atom is -0.462 e. The average molecular weight is 242 g/mol. The number of nitrogens with two attached hydrogens (primary N) is 2. The van der Waals surface area contributed by atoms with E-state index in [2.05, 4.69) is 6.58 Å². The Morgan fingerprint density at radius 2 is 2.00 bits per heavy atom. The second-order valence-electron chi connectivity index (χ2n) is 4.02. The molecule has 0 aromatic rings. The van der Waals surface area contributed by atoms with Gasteiger partial charge in [0.25, 0.3) is 0 Å². The van der Waals surface area contributed by atoms with Crippen molar-refractivity contribution in [2.75, 3.05) is 13.2 Å². The third kappa shape index (κ3) is 7.65. The molecule has 0 aromatic carbocycles. The van der Waals surface area contributed by atoms with E-state index in [9.17, 15) is 9.59 Å². The molecule has 0 amide bonds. The number of rotatable bonds is 9. The maximum Gasteiger partial charge on any atom is 0.333 e. The highest BCUT2D eigenvalue weighted by atomic mass is 16.5. The van der Waals surface area contributed by atoms with Gasteiger partial charge in [0.2, 0.25) is 0 Å². The largest absolute Gasteiger partial charge is 0.462 e. The summed E-state index contributed by atoms with van der Waals surface area (Å²) in [4.78, 5) is 22.5. The number of unbranched alkanes of at least 4 members (excludes halogenated alkanes) is 1. The van der Waals surface area contributed by atoms with E-state index >= 15 is 0 Å². The van der Waals surface area contributed by atoms with Crippen LogP contribution >= 0.6 is 0 Å². The van der Waals surface area contributed by atoms with Crippen LogP contribution in [0.2, 0.25) is 0 Å². The minimum atomic E-state index is -0.481. The highest BCUT2D eigenvalue weighted by molar-refractivity contribution is 5.87. The maximum atomic E-state index is 11.5. The Kier molecular flexibility index (Phi) is 8.27. The topological polar surface area (TPSA) is 95.4 Å². The fourth-order valence-corrected chi connectivity index (χ4v) is 1.22. The molecule has 0 saturated carbocycles. The van der Waals surface area contributed by atoms with Crippen molar-refractivity contribution < 1.29 is 14.3 Å². The van der Waals surface area contributed by atoms with E-state index in [0.717, 1.165) is 12.8 Å². The Balaban J connectivity index is 3.70. The van der Waals surface area contributed by atoms with Gasteiger partial charge in [0, 0.05) is 12.0 Å². The molecular weight excluding hydrogens is 220 g/mol. The number of ether oxygens (including phenoxy) is 1. The first kappa shape index (κ1) is 15.8. The average Bonchev–Trinajstić information content (AvgIpc) is 2.28. The van der Waals surface area contributed by atoms with Crippen LogP contribution in [0.15, 0.2) is 12.2 Å². The van der Waals surface area contributed by atoms with Crippen molar-refractivity contribution in [1.29, 1.82) is 0 Å². The highest BCUT2D eigenvalue weighted by Crippen LogP contribution is 2.02. The fourth-order valence-electron chi connectivity index (χ4n) is 1.22. The van der Waals surface area contributed by atoms with Crippen molar-refractivity contribution in [1.82, 2.24) is 0 Å². The fraction of sp³-hybridized carbons (Fsp3) is 0.667. The summed E-state index contributed by atoms with van der Waals surface area (Å²) in [6, 6.07) is -0.481. The van der Waals surface area contributed by atoms with Gasteiger partial charge in [0.05, 0.1) is 12.6 Å². The molecule has 0 aliphatic rings. The Morgan fingerprint density at radius 3 is 2.53 bits per heavy atom. The molecule has 0 bridgehead atoms. The van der Waals surface area contributed by atoms with Crippen LogP contribution in [-0.4, -0.2) is 30.9 Å². The van der Waals surface area contributed by atoms with Gasteiger partial charge in [-0.1, -0.05) is 13.0 Å². The molecule has 0 aliphatic carbocycles. The first-order valence-corrected chi connectivity index (χ1v) is 5.80. The molecule has 5 heteroatoms. The Morgan fingerprint density at radius 1 is 1.35 bits per heavy atom. The predicted molar refractivity (Wildman–Crippen MR) is 66.3 cm³/mol. The Hall–Kier alpha value is -1.20. The molecule has 0 spiro atoms. The molecule has 0 rings (SSSR count). The monoisotopic (exact) mass is 242 g/mol. The molecular formula is C12H22N2O3. The lowest BCUT2D eigenvalue weighted by atomic mass is 10.0. The normalized spacial score (nSPS) is 11.9. The van der Waals surface area contributed by atoms with Crippen molar-refractivity contribution in [3.05, 3.63) is 12.2 Å². The second kappa shape index (κ2) is 8.90. The summed E-state index contributed by atoms with van der Waals surface area (Å²) in [5.74, 6) is -0.564. The molecule has 1 atom stereocenters. The summed E-state index contributed by atoms with van der Waals surface area (Å²) >= 11 is 0. The third-order valence-electron chi connectivity index (χ3n) is 2.31. The summed E-state index contributed by atoms with van der Waals surface area (Å²) in [6.45, 7) is 5.67. The lowest BCUT2D eigenvalue weighted by Gasteiger charge is -2.10. The van der Waals surface area contributed by atoms with Crippen LogP contribution in [0, 0.1) is 0 Å². The molecule has 0 unspecified atom stereocenters. The van der Waals surface area contributed by atoms with Gasteiger partial charge in [-0.2, -0.15) is 0 Å². The molecule has 0 aliphatic heterocycles. The SMILES string of the molecule is C=C(C)C(=O)OCCC(=O)[C@@H](N)CCCCN. The number of carbonyl (C=O) groups excluding carboxylic acids is 2. The lowest BCUT2D eigenvalue weighted by molar-refractivity contribution is -0.139. The molecule has 4 N–H and O–H groups in total. The predicted octanol–water partition coefficient (Wildman–Crippen LogP) is 0.521. The van der Waals surface area contributed by atoms with Gasteiger partial charge >= 0.3 is 5.97 Å².